The zero-order valence-electron chi connectivity index (χ0n) is 12.5. The first-order valence-electron chi connectivity index (χ1n) is 7.34. The number of rotatable bonds is 6. The van der Waals surface area contributed by atoms with E-state index in [2.05, 4.69) is 15.6 Å². The maximum atomic E-state index is 12.3. The minimum Gasteiger partial charge on any atom is -0.486 e. The van der Waals surface area contributed by atoms with Crippen LogP contribution in [0.3, 0.4) is 0 Å². The summed E-state index contributed by atoms with van der Waals surface area (Å²) in [5, 5.41) is 9.15. The molecule has 1 aromatic heterocycles. The summed E-state index contributed by atoms with van der Waals surface area (Å²) in [5.41, 5.74) is 1.46. The summed E-state index contributed by atoms with van der Waals surface area (Å²) >= 11 is 1.59. The Bertz CT molecular complexity index is 652. The van der Waals surface area contributed by atoms with Crippen molar-refractivity contribution in [3.63, 3.8) is 0 Å². The molecule has 1 amide bonds. The second-order valence-corrected chi connectivity index (χ2v) is 6.44. The number of ether oxygens (including phenoxy) is 1. The number of aryl methyl sites for hydroxylation is 1. The molecule has 2 N–H and O–H groups in total. The molecule has 0 radical (unpaired) electrons. The molecule has 1 aromatic carbocycles. The van der Waals surface area contributed by atoms with Crippen molar-refractivity contribution in [1.29, 1.82) is 0 Å². The number of amides is 1. The van der Waals surface area contributed by atoms with Gasteiger partial charge in [0.25, 0.3) is 5.91 Å². The minimum absolute atomic E-state index is 0.0861. The lowest BCUT2D eigenvalue weighted by molar-refractivity contribution is 0.0937. The standard InChI is InChI=1S/C16H19N3O2S/c1-11-19-13(10-22-11)9-21-15-5-3-2-4-14(15)16(20)18-8-12-6-17-7-12/h2-5,10,12,17H,6-9H2,1H3,(H,18,20). The van der Waals surface area contributed by atoms with Crippen molar-refractivity contribution in [1.82, 2.24) is 15.6 Å². The third kappa shape index (κ3) is 3.64. The third-order valence-electron chi connectivity index (χ3n) is 3.59. The molecular formula is C16H19N3O2S. The van der Waals surface area contributed by atoms with Crippen molar-refractivity contribution >= 4 is 17.2 Å². The van der Waals surface area contributed by atoms with E-state index < -0.39 is 0 Å². The molecule has 5 nitrogen and oxygen atoms in total. The largest absolute Gasteiger partial charge is 0.486 e. The number of benzene rings is 1. The smallest absolute Gasteiger partial charge is 0.255 e. The zero-order chi connectivity index (χ0) is 15.4. The molecule has 2 heterocycles. The van der Waals surface area contributed by atoms with Crippen LogP contribution in [0.1, 0.15) is 21.1 Å². The summed E-state index contributed by atoms with van der Waals surface area (Å²) in [6.07, 6.45) is 0. The highest BCUT2D eigenvalue weighted by Gasteiger charge is 2.19. The van der Waals surface area contributed by atoms with Crippen LogP contribution in [0.4, 0.5) is 0 Å². The number of carbonyl (C=O) groups is 1. The highest BCUT2D eigenvalue weighted by molar-refractivity contribution is 7.09. The van der Waals surface area contributed by atoms with Crippen molar-refractivity contribution < 1.29 is 9.53 Å². The first kappa shape index (κ1) is 15.0. The monoisotopic (exact) mass is 317 g/mol. The molecule has 0 aliphatic carbocycles. The number of aromatic nitrogens is 1. The fraction of sp³-hybridized carbons (Fsp3) is 0.375. The summed E-state index contributed by atoms with van der Waals surface area (Å²) < 4.78 is 5.78. The Morgan fingerprint density at radius 1 is 1.45 bits per heavy atom. The van der Waals surface area contributed by atoms with Gasteiger partial charge in [0, 0.05) is 30.9 Å². The van der Waals surface area contributed by atoms with E-state index in [0.717, 1.165) is 23.8 Å². The van der Waals surface area contributed by atoms with Gasteiger partial charge in [-0.1, -0.05) is 12.1 Å². The van der Waals surface area contributed by atoms with Gasteiger partial charge < -0.3 is 15.4 Å². The van der Waals surface area contributed by atoms with E-state index >= 15 is 0 Å². The van der Waals surface area contributed by atoms with Gasteiger partial charge in [0.05, 0.1) is 16.3 Å². The van der Waals surface area contributed by atoms with Gasteiger partial charge in [-0.05, 0) is 19.1 Å². The number of nitrogens with one attached hydrogen (secondary N) is 2. The average molecular weight is 317 g/mol. The number of para-hydroxylation sites is 1. The topological polar surface area (TPSA) is 63.2 Å². The van der Waals surface area contributed by atoms with E-state index in [-0.39, 0.29) is 5.91 Å². The van der Waals surface area contributed by atoms with Gasteiger partial charge in [-0.2, -0.15) is 0 Å². The Labute approximate surface area is 133 Å². The van der Waals surface area contributed by atoms with Gasteiger partial charge in [0.15, 0.2) is 0 Å². The highest BCUT2D eigenvalue weighted by atomic mass is 32.1. The Balaban J connectivity index is 1.62. The lowest BCUT2D eigenvalue weighted by Gasteiger charge is -2.27. The molecule has 1 aliphatic rings. The molecule has 22 heavy (non-hydrogen) atoms. The van der Waals surface area contributed by atoms with Crippen LogP contribution in [0.5, 0.6) is 5.75 Å². The maximum Gasteiger partial charge on any atom is 0.255 e. The number of hydrogen-bond acceptors (Lipinski definition) is 5. The molecule has 0 unspecified atom stereocenters. The van der Waals surface area contributed by atoms with Crippen molar-refractivity contribution in [2.45, 2.75) is 13.5 Å². The lowest BCUT2D eigenvalue weighted by Crippen LogP contribution is -2.48. The lowest BCUT2D eigenvalue weighted by atomic mass is 10.0. The SMILES string of the molecule is Cc1nc(COc2ccccc2C(=O)NCC2CNC2)cs1. The summed E-state index contributed by atoms with van der Waals surface area (Å²) in [4.78, 5) is 16.7. The predicted molar refractivity (Wildman–Crippen MR) is 86.3 cm³/mol. The molecule has 6 heteroatoms. The Hall–Kier alpha value is -1.92. The Morgan fingerprint density at radius 2 is 2.27 bits per heavy atom. The van der Waals surface area contributed by atoms with Gasteiger partial charge in [0.2, 0.25) is 0 Å². The van der Waals surface area contributed by atoms with Gasteiger partial charge in [-0.25, -0.2) is 4.98 Å². The van der Waals surface area contributed by atoms with Crippen LogP contribution in [0.25, 0.3) is 0 Å². The normalized spacial score (nSPS) is 14.4. The van der Waals surface area contributed by atoms with Crippen molar-refractivity contribution in [3.05, 3.63) is 45.9 Å². The van der Waals surface area contributed by atoms with Crippen LogP contribution in [0.15, 0.2) is 29.6 Å². The molecule has 0 bridgehead atoms. The van der Waals surface area contributed by atoms with E-state index in [9.17, 15) is 4.79 Å². The summed E-state index contributed by atoms with van der Waals surface area (Å²) in [5.74, 6) is 1.05. The number of hydrogen-bond donors (Lipinski definition) is 2. The van der Waals surface area contributed by atoms with E-state index in [1.807, 2.05) is 30.5 Å². The van der Waals surface area contributed by atoms with Crippen LogP contribution in [-0.4, -0.2) is 30.5 Å². The number of nitrogens with zero attached hydrogens (tertiary/aromatic N) is 1. The van der Waals surface area contributed by atoms with Crippen LogP contribution < -0.4 is 15.4 Å². The van der Waals surface area contributed by atoms with Crippen LogP contribution in [0, 0.1) is 12.8 Å². The molecule has 2 aromatic rings. The van der Waals surface area contributed by atoms with Crippen LogP contribution in [0.2, 0.25) is 0 Å². The number of thiazole rings is 1. The number of carbonyl (C=O) groups excluding carboxylic acids is 1. The van der Waals surface area contributed by atoms with Gasteiger partial charge in [-0.3, -0.25) is 4.79 Å². The summed E-state index contributed by atoms with van der Waals surface area (Å²) in [6, 6.07) is 7.32. The molecule has 1 aliphatic heterocycles. The summed E-state index contributed by atoms with van der Waals surface area (Å²) in [7, 11) is 0. The van der Waals surface area contributed by atoms with Gasteiger partial charge in [-0.15, -0.1) is 11.3 Å². The van der Waals surface area contributed by atoms with E-state index in [4.69, 9.17) is 4.74 Å². The molecule has 3 rings (SSSR count). The predicted octanol–water partition coefficient (Wildman–Crippen LogP) is 1.98. The molecule has 116 valence electrons. The fourth-order valence-corrected chi connectivity index (χ4v) is 2.83. The molecule has 0 atom stereocenters. The molecule has 1 saturated heterocycles. The van der Waals surface area contributed by atoms with E-state index in [1.165, 1.54) is 0 Å². The molecule has 0 spiro atoms. The molecule has 1 fully saturated rings. The summed E-state index contributed by atoms with van der Waals surface area (Å²) in [6.45, 7) is 4.99. The second-order valence-electron chi connectivity index (χ2n) is 5.38. The van der Waals surface area contributed by atoms with Crippen LogP contribution in [-0.2, 0) is 6.61 Å². The average Bonchev–Trinajstić information content (AvgIpc) is 2.89. The van der Waals surface area contributed by atoms with E-state index in [1.54, 1.807) is 17.4 Å². The Kier molecular flexibility index (Phi) is 4.70. The molecule has 0 saturated carbocycles. The fourth-order valence-electron chi connectivity index (χ4n) is 2.23. The minimum atomic E-state index is -0.0861. The van der Waals surface area contributed by atoms with Crippen molar-refractivity contribution in [2.75, 3.05) is 19.6 Å². The van der Waals surface area contributed by atoms with Gasteiger partial charge in [0.1, 0.15) is 12.4 Å². The second kappa shape index (κ2) is 6.89. The van der Waals surface area contributed by atoms with Crippen molar-refractivity contribution in [3.8, 4) is 5.75 Å². The Morgan fingerprint density at radius 3 is 2.95 bits per heavy atom. The molecular weight excluding hydrogens is 298 g/mol. The maximum absolute atomic E-state index is 12.3. The van der Waals surface area contributed by atoms with Crippen LogP contribution >= 0.6 is 11.3 Å². The third-order valence-corrected chi connectivity index (χ3v) is 4.41. The zero-order valence-corrected chi connectivity index (χ0v) is 13.3. The van der Waals surface area contributed by atoms with Gasteiger partial charge >= 0.3 is 0 Å². The first-order valence-corrected chi connectivity index (χ1v) is 8.22. The first-order chi connectivity index (χ1) is 10.7. The van der Waals surface area contributed by atoms with Crippen molar-refractivity contribution in [2.24, 2.45) is 5.92 Å². The quantitative estimate of drug-likeness (QED) is 0.855. The highest BCUT2D eigenvalue weighted by Crippen LogP contribution is 2.20. The van der Waals surface area contributed by atoms with E-state index in [0.29, 0.717) is 30.4 Å².